The van der Waals surface area contributed by atoms with Gasteiger partial charge in [0.25, 0.3) is 0 Å². The Morgan fingerprint density at radius 1 is 0.889 bits per heavy atom. The second-order valence-corrected chi connectivity index (χ2v) is 6.33. The fraction of sp³-hybridized carbons (Fsp3) is 0.364. The van der Waals surface area contributed by atoms with Crippen LogP contribution in [-0.2, 0) is 6.42 Å². The van der Waals surface area contributed by atoms with Crippen LogP contribution in [0.5, 0.6) is 11.5 Å². The average molecular weight is 369 g/mol. The summed E-state index contributed by atoms with van der Waals surface area (Å²) in [7, 11) is 0. The molecule has 0 aliphatic rings. The van der Waals surface area contributed by atoms with Crippen molar-refractivity contribution in [3.63, 3.8) is 0 Å². The summed E-state index contributed by atoms with van der Waals surface area (Å²) >= 11 is 0. The number of benzene rings is 2. The first-order chi connectivity index (χ1) is 13.0. The van der Waals surface area contributed by atoms with Crippen LogP contribution in [0.4, 0.5) is 4.79 Å². The molecule has 0 fully saturated rings. The van der Waals surface area contributed by atoms with Crippen molar-refractivity contribution in [2.45, 2.75) is 40.5 Å². The van der Waals surface area contributed by atoms with Crippen LogP contribution >= 0.6 is 0 Å². The van der Waals surface area contributed by atoms with Crippen LogP contribution in [0, 0.1) is 6.92 Å². The summed E-state index contributed by atoms with van der Waals surface area (Å²) in [4.78, 5) is 26.3. The number of hydrogen-bond donors (Lipinski definition) is 0. The fourth-order valence-corrected chi connectivity index (χ4v) is 2.67. The molecule has 2 rings (SSSR count). The standard InChI is InChI=1S/C22H27NO4/c1-5-8-17-10-12-18(13-11-17)21(24)26-19-14-9-16(4)15-20(19)27-22(25)23(6-2)7-3/h9-15H,5-8H2,1-4H3. The van der Waals surface area contributed by atoms with E-state index in [0.29, 0.717) is 18.7 Å². The van der Waals surface area contributed by atoms with Crippen molar-refractivity contribution in [1.29, 1.82) is 0 Å². The molecule has 0 saturated heterocycles. The summed E-state index contributed by atoms with van der Waals surface area (Å²) in [5.74, 6) is -0.0198. The summed E-state index contributed by atoms with van der Waals surface area (Å²) in [5, 5.41) is 0. The topological polar surface area (TPSA) is 55.8 Å². The summed E-state index contributed by atoms with van der Waals surface area (Å²) in [6, 6.07) is 12.5. The SMILES string of the molecule is CCCc1ccc(C(=O)Oc2ccc(C)cc2OC(=O)N(CC)CC)cc1. The van der Waals surface area contributed by atoms with Crippen molar-refractivity contribution in [2.24, 2.45) is 0 Å². The van der Waals surface area contributed by atoms with Crippen LogP contribution in [0.15, 0.2) is 42.5 Å². The minimum Gasteiger partial charge on any atom is -0.419 e. The number of ether oxygens (including phenoxy) is 2. The number of amides is 1. The number of esters is 1. The summed E-state index contributed by atoms with van der Waals surface area (Å²) in [5.41, 5.74) is 2.54. The van der Waals surface area contributed by atoms with Gasteiger partial charge in [0, 0.05) is 13.1 Å². The molecule has 0 heterocycles. The molecule has 0 radical (unpaired) electrons. The highest BCUT2D eigenvalue weighted by molar-refractivity contribution is 5.91. The summed E-state index contributed by atoms with van der Waals surface area (Å²) in [6.45, 7) is 8.84. The molecule has 0 aliphatic heterocycles. The van der Waals surface area contributed by atoms with Crippen molar-refractivity contribution in [1.82, 2.24) is 4.90 Å². The van der Waals surface area contributed by atoms with E-state index in [4.69, 9.17) is 9.47 Å². The molecule has 2 aromatic carbocycles. The second kappa shape index (κ2) is 9.76. The van der Waals surface area contributed by atoms with E-state index < -0.39 is 12.1 Å². The van der Waals surface area contributed by atoms with Crippen molar-refractivity contribution < 1.29 is 19.1 Å². The van der Waals surface area contributed by atoms with E-state index in [-0.39, 0.29) is 11.5 Å². The first kappa shape index (κ1) is 20.5. The average Bonchev–Trinajstić information content (AvgIpc) is 2.65. The van der Waals surface area contributed by atoms with Gasteiger partial charge < -0.3 is 14.4 Å². The second-order valence-electron chi connectivity index (χ2n) is 6.33. The smallest absolute Gasteiger partial charge is 0.415 e. The quantitative estimate of drug-likeness (QED) is 0.509. The van der Waals surface area contributed by atoms with Gasteiger partial charge in [-0.05, 0) is 62.6 Å². The van der Waals surface area contributed by atoms with Gasteiger partial charge in [0.1, 0.15) is 0 Å². The molecule has 0 aliphatic carbocycles. The molecule has 0 unspecified atom stereocenters. The lowest BCUT2D eigenvalue weighted by Crippen LogP contribution is -2.33. The minimum absolute atomic E-state index is 0.226. The maximum absolute atomic E-state index is 12.5. The molecule has 0 aromatic heterocycles. The van der Waals surface area contributed by atoms with E-state index >= 15 is 0 Å². The summed E-state index contributed by atoms with van der Waals surface area (Å²) in [6.07, 6.45) is 1.56. The van der Waals surface area contributed by atoms with Gasteiger partial charge in [-0.3, -0.25) is 0 Å². The molecule has 0 bridgehead atoms. The molecule has 2 aromatic rings. The van der Waals surface area contributed by atoms with Gasteiger partial charge in [-0.1, -0.05) is 31.5 Å². The molecule has 1 amide bonds. The number of hydrogen-bond acceptors (Lipinski definition) is 4. The third-order valence-electron chi connectivity index (χ3n) is 4.25. The number of aryl methyl sites for hydroxylation is 2. The van der Waals surface area contributed by atoms with Crippen molar-refractivity contribution in [3.05, 3.63) is 59.2 Å². The highest BCUT2D eigenvalue weighted by atomic mass is 16.6. The highest BCUT2D eigenvalue weighted by Gasteiger charge is 2.18. The lowest BCUT2D eigenvalue weighted by atomic mass is 10.1. The van der Waals surface area contributed by atoms with E-state index in [1.807, 2.05) is 39.0 Å². The van der Waals surface area contributed by atoms with Gasteiger partial charge in [-0.25, -0.2) is 9.59 Å². The molecule has 0 N–H and O–H groups in total. The zero-order valence-corrected chi connectivity index (χ0v) is 16.5. The zero-order valence-electron chi connectivity index (χ0n) is 16.5. The molecule has 27 heavy (non-hydrogen) atoms. The van der Waals surface area contributed by atoms with Crippen LogP contribution in [0.1, 0.15) is 48.7 Å². The van der Waals surface area contributed by atoms with E-state index in [0.717, 1.165) is 18.4 Å². The van der Waals surface area contributed by atoms with Gasteiger partial charge >= 0.3 is 12.1 Å². The fourth-order valence-electron chi connectivity index (χ4n) is 2.67. The van der Waals surface area contributed by atoms with Crippen LogP contribution < -0.4 is 9.47 Å². The number of nitrogens with zero attached hydrogens (tertiary/aromatic N) is 1. The van der Waals surface area contributed by atoms with E-state index in [9.17, 15) is 9.59 Å². The van der Waals surface area contributed by atoms with Crippen LogP contribution in [0.25, 0.3) is 0 Å². The molecule has 0 saturated carbocycles. The van der Waals surface area contributed by atoms with E-state index in [1.54, 1.807) is 29.2 Å². The number of carbonyl (C=O) groups is 2. The number of rotatable bonds is 7. The van der Waals surface area contributed by atoms with Crippen molar-refractivity contribution >= 4 is 12.1 Å². The van der Waals surface area contributed by atoms with Crippen molar-refractivity contribution in [3.8, 4) is 11.5 Å². The maximum Gasteiger partial charge on any atom is 0.415 e. The van der Waals surface area contributed by atoms with E-state index in [2.05, 4.69) is 6.92 Å². The monoisotopic (exact) mass is 369 g/mol. The van der Waals surface area contributed by atoms with Gasteiger partial charge in [0.15, 0.2) is 11.5 Å². The van der Waals surface area contributed by atoms with Gasteiger partial charge in [0.05, 0.1) is 5.56 Å². The van der Waals surface area contributed by atoms with Crippen LogP contribution in [0.3, 0.4) is 0 Å². The van der Waals surface area contributed by atoms with Crippen LogP contribution in [-0.4, -0.2) is 30.1 Å². The largest absolute Gasteiger partial charge is 0.419 e. The molecule has 5 nitrogen and oxygen atoms in total. The third-order valence-corrected chi connectivity index (χ3v) is 4.25. The Morgan fingerprint density at radius 3 is 2.15 bits per heavy atom. The highest BCUT2D eigenvalue weighted by Crippen LogP contribution is 2.29. The van der Waals surface area contributed by atoms with Crippen molar-refractivity contribution in [2.75, 3.05) is 13.1 Å². The Balaban J connectivity index is 2.17. The van der Waals surface area contributed by atoms with Gasteiger partial charge in [-0.15, -0.1) is 0 Å². The first-order valence-electron chi connectivity index (χ1n) is 9.37. The lowest BCUT2D eigenvalue weighted by molar-refractivity contribution is 0.0727. The first-order valence-corrected chi connectivity index (χ1v) is 9.37. The predicted octanol–water partition coefficient (Wildman–Crippen LogP) is 5.01. The Kier molecular flexibility index (Phi) is 7.41. The van der Waals surface area contributed by atoms with Crippen LogP contribution in [0.2, 0.25) is 0 Å². The third kappa shape index (κ3) is 5.58. The predicted molar refractivity (Wildman–Crippen MR) is 106 cm³/mol. The lowest BCUT2D eigenvalue weighted by Gasteiger charge is -2.19. The Morgan fingerprint density at radius 2 is 1.56 bits per heavy atom. The minimum atomic E-state index is -0.484. The van der Waals surface area contributed by atoms with E-state index in [1.165, 1.54) is 5.56 Å². The molecule has 5 heteroatoms. The Hall–Kier alpha value is -2.82. The summed E-state index contributed by atoms with van der Waals surface area (Å²) < 4.78 is 11.0. The molecule has 0 atom stereocenters. The van der Waals surface area contributed by atoms with Gasteiger partial charge in [0.2, 0.25) is 0 Å². The normalized spacial score (nSPS) is 10.4. The maximum atomic E-state index is 12.5. The molecule has 0 spiro atoms. The number of carbonyl (C=O) groups excluding carboxylic acids is 2. The zero-order chi connectivity index (χ0) is 19.8. The molecular formula is C22H27NO4. The molecular weight excluding hydrogens is 342 g/mol. The Labute approximate surface area is 160 Å². The van der Waals surface area contributed by atoms with Gasteiger partial charge in [-0.2, -0.15) is 0 Å². The Bertz CT molecular complexity index is 779. The molecule has 144 valence electrons.